The Morgan fingerprint density at radius 2 is 1.93 bits per heavy atom. The number of nitrogens with one attached hydrogen (secondary N) is 1. The minimum Gasteiger partial charge on any atom is -0.495 e. The minimum absolute atomic E-state index is 0.0546. The van der Waals surface area contributed by atoms with E-state index in [2.05, 4.69) is 5.32 Å². The minimum atomic E-state index is -3.94. The second-order valence-electron chi connectivity index (χ2n) is 6.71. The molecule has 0 saturated carbocycles. The number of halogens is 4. The molecule has 0 spiro atoms. The second-order valence-corrected chi connectivity index (χ2v) is 9.06. The first-order valence-corrected chi connectivity index (χ1v) is 10.7. The smallest absolute Gasteiger partial charge is 0.243 e. The van der Waals surface area contributed by atoms with Crippen LogP contribution in [0, 0.1) is 23.4 Å². The summed E-state index contributed by atoms with van der Waals surface area (Å²) < 4.78 is 72.3. The van der Waals surface area contributed by atoms with Crippen LogP contribution in [-0.4, -0.2) is 38.8 Å². The number of methoxy groups -OCH3 is 1. The van der Waals surface area contributed by atoms with Crippen molar-refractivity contribution in [3.8, 4) is 5.75 Å². The number of nitrogens with zero attached hydrogens (tertiary/aromatic N) is 1. The van der Waals surface area contributed by atoms with E-state index in [9.17, 15) is 26.4 Å². The van der Waals surface area contributed by atoms with Crippen LogP contribution in [0.3, 0.4) is 0 Å². The van der Waals surface area contributed by atoms with Crippen LogP contribution in [0.5, 0.6) is 5.75 Å². The third-order valence-corrected chi connectivity index (χ3v) is 6.97. The van der Waals surface area contributed by atoms with Crippen LogP contribution in [0.4, 0.5) is 18.9 Å². The van der Waals surface area contributed by atoms with Crippen LogP contribution >= 0.6 is 11.6 Å². The van der Waals surface area contributed by atoms with Gasteiger partial charge in [-0.15, -0.1) is 0 Å². The molecule has 0 aromatic heterocycles. The highest BCUT2D eigenvalue weighted by molar-refractivity contribution is 7.89. The molecule has 2 aromatic rings. The van der Waals surface area contributed by atoms with Crippen molar-refractivity contribution in [2.24, 2.45) is 5.92 Å². The molecule has 1 saturated heterocycles. The van der Waals surface area contributed by atoms with Gasteiger partial charge in [-0.3, -0.25) is 4.79 Å². The molecule has 6 nitrogen and oxygen atoms in total. The summed E-state index contributed by atoms with van der Waals surface area (Å²) in [7, 11) is -2.54. The Bertz CT molecular complexity index is 1080. The number of sulfonamides is 1. The molecule has 1 unspecified atom stereocenters. The van der Waals surface area contributed by atoms with Crippen LogP contribution in [0.15, 0.2) is 35.2 Å². The van der Waals surface area contributed by atoms with Gasteiger partial charge in [-0.2, -0.15) is 4.31 Å². The fourth-order valence-corrected chi connectivity index (χ4v) is 5.06. The summed E-state index contributed by atoms with van der Waals surface area (Å²) in [6.45, 7) is 0.0401. The molecule has 1 amide bonds. The molecular formula is C19H18ClF3N2O4S. The molecule has 1 fully saturated rings. The monoisotopic (exact) mass is 462 g/mol. The quantitative estimate of drug-likeness (QED) is 0.686. The molecule has 11 heteroatoms. The Morgan fingerprint density at radius 3 is 2.60 bits per heavy atom. The van der Waals surface area contributed by atoms with Crippen molar-refractivity contribution in [3.05, 3.63) is 52.8 Å². The van der Waals surface area contributed by atoms with Gasteiger partial charge in [-0.25, -0.2) is 21.6 Å². The summed E-state index contributed by atoms with van der Waals surface area (Å²) in [6.07, 6.45) is 0.744. The van der Waals surface area contributed by atoms with Gasteiger partial charge in [0.05, 0.1) is 28.6 Å². The first-order chi connectivity index (χ1) is 14.1. The van der Waals surface area contributed by atoms with Crippen molar-refractivity contribution in [1.82, 2.24) is 4.31 Å². The Labute approximate surface area is 176 Å². The Hall–Kier alpha value is -2.30. The van der Waals surface area contributed by atoms with Gasteiger partial charge in [0.1, 0.15) is 5.75 Å². The summed E-state index contributed by atoms with van der Waals surface area (Å²) >= 11 is 6.02. The normalized spacial score (nSPS) is 17.6. The molecule has 1 heterocycles. The average Bonchev–Trinajstić information content (AvgIpc) is 2.74. The molecule has 162 valence electrons. The fraction of sp³-hybridized carbons (Fsp3) is 0.316. The lowest BCUT2D eigenvalue weighted by Gasteiger charge is -2.31. The van der Waals surface area contributed by atoms with E-state index < -0.39 is 45.0 Å². The van der Waals surface area contributed by atoms with Gasteiger partial charge in [0.25, 0.3) is 0 Å². The topological polar surface area (TPSA) is 75.7 Å². The molecule has 1 atom stereocenters. The van der Waals surface area contributed by atoms with Gasteiger partial charge >= 0.3 is 0 Å². The summed E-state index contributed by atoms with van der Waals surface area (Å²) in [5.74, 6) is -5.76. The van der Waals surface area contributed by atoms with Crippen molar-refractivity contribution in [3.63, 3.8) is 0 Å². The Morgan fingerprint density at radius 1 is 1.20 bits per heavy atom. The summed E-state index contributed by atoms with van der Waals surface area (Å²) in [6, 6.07) is 5.63. The van der Waals surface area contributed by atoms with Crippen molar-refractivity contribution in [1.29, 1.82) is 0 Å². The number of hydrogen-bond acceptors (Lipinski definition) is 4. The van der Waals surface area contributed by atoms with E-state index in [1.807, 2.05) is 0 Å². The number of hydrogen-bond donors (Lipinski definition) is 1. The van der Waals surface area contributed by atoms with Gasteiger partial charge < -0.3 is 10.1 Å². The second kappa shape index (κ2) is 8.83. The molecule has 1 aliphatic heterocycles. The van der Waals surface area contributed by atoms with Gasteiger partial charge in [0, 0.05) is 13.1 Å². The van der Waals surface area contributed by atoms with E-state index >= 15 is 0 Å². The maximum Gasteiger partial charge on any atom is 0.243 e. The van der Waals surface area contributed by atoms with Crippen LogP contribution < -0.4 is 10.1 Å². The fourth-order valence-electron chi connectivity index (χ4n) is 3.19. The number of piperidine rings is 1. The zero-order chi connectivity index (χ0) is 22.1. The van der Waals surface area contributed by atoms with Crippen LogP contribution in [0.25, 0.3) is 0 Å². The number of anilines is 1. The molecular weight excluding hydrogens is 445 g/mol. The van der Waals surface area contributed by atoms with Crippen LogP contribution in [0.2, 0.25) is 5.02 Å². The van der Waals surface area contributed by atoms with E-state index in [1.165, 1.54) is 25.3 Å². The van der Waals surface area contributed by atoms with Gasteiger partial charge in [0.15, 0.2) is 17.5 Å². The lowest BCUT2D eigenvalue weighted by atomic mass is 9.98. The molecule has 30 heavy (non-hydrogen) atoms. The summed E-state index contributed by atoms with van der Waals surface area (Å²) in [4.78, 5) is 12.5. The first-order valence-electron chi connectivity index (χ1n) is 8.93. The van der Waals surface area contributed by atoms with Gasteiger partial charge in [-0.05, 0) is 43.2 Å². The van der Waals surface area contributed by atoms with Crippen molar-refractivity contribution in [2.45, 2.75) is 17.7 Å². The Kier molecular flexibility index (Phi) is 6.59. The predicted octanol–water partition coefficient (Wildman–Crippen LogP) is 3.81. The third-order valence-electron chi connectivity index (χ3n) is 4.81. The number of carbonyl (C=O) groups is 1. The van der Waals surface area contributed by atoms with Crippen molar-refractivity contribution in [2.75, 3.05) is 25.5 Å². The number of benzene rings is 2. The zero-order valence-corrected chi connectivity index (χ0v) is 17.4. The molecule has 0 radical (unpaired) electrons. The molecule has 3 rings (SSSR count). The van der Waals surface area contributed by atoms with Gasteiger partial charge in [0.2, 0.25) is 15.9 Å². The van der Waals surface area contributed by atoms with Crippen molar-refractivity contribution < 1.29 is 31.1 Å². The Balaban J connectivity index is 1.77. The molecule has 2 aromatic carbocycles. The number of carbonyl (C=O) groups excluding carboxylic acids is 1. The first kappa shape index (κ1) is 22.4. The maximum absolute atomic E-state index is 13.8. The highest BCUT2D eigenvalue weighted by Gasteiger charge is 2.34. The average molecular weight is 463 g/mol. The van der Waals surface area contributed by atoms with Crippen LogP contribution in [-0.2, 0) is 14.8 Å². The van der Waals surface area contributed by atoms with Crippen LogP contribution in [0.1, 0.15) is 12.8 Å². The van der Waals surface area contributed by atoms with E-state index in [-0.39, 0.29) is 23.0 Å². The standard InChI is InChI=1S/C19H18ClF3N2O4S/c1-29-16-7-4-12(9-13(16)20)30(27,28)25-8-2-3-11(10-25)19(26)24-15-6-5-14(21)17(22)18(15)23/h4-7,9,11H,2-3,8,10H2,1H3,(H,24,26). The lowest BCUT2D eigenvalue weighted by Crippen LogP contribution is -2.43. The molecule has 0 bridgehead atoms. The SMILES string of the molecule is COc1ccc(S(=O)(=O)N2CCCC(C(=O)Nc3ccc(F)c(F)c3F)C2)cc1Cl. The number of ether oxygens (including phenoxy) is 1. The highest BCUT2D eigenvalue weighted by atomic mass is 35.5. The number of amides is 1. The van der Waals surface area contributed by atoms with E-state index in [0.717, 1.165) is 10.4 Å². The number of rotatable bonds is 5. The largest absolute Gasteiger partial charge is 0.495 e. The maximum atomic E-state index is 13.8. The molecule has 1 aliphatic rings. The van der Waals surface area contributed by atoms with E-state index in [1.54, 1.807) is 0 Å². The van der Waals surface area contributed by atoms with Crippen molar-refractivity contribution >= 4 is 33.2 Å². The summed E-state index contributed by atoms with van der Waals surface area (Å²) in [5, 5.41) is 2.33. The summed E-state index contributed by atoms with van der Waals surface area (Å²) in [5.41, 5.74) is -0.513. The molecule has 1 N–H and O–H groups in total. The van der Waals surface area contributed by atoms with E-state index in [4.69, 9.17) is 16.3 Å². The van der Waals surface area contributed by atoms with Gasteiger partial charge in [-0.1, -0.05) is 11.6 Å². The molecule has 0 aliphatic carbocycles. The zero-order valence-electron chi connectivity index (χ0n) is 15.8. The van der Waals surface area contributed by atoms with E-state index in [0.29, 0.717) is 24.7 Å². The predicted molar refractivity (Wildman–Crippen MR) is 104 cm³/mol. The lowest BCUT2D eigenvalue weighted by molar-refractivity contribution is -0.120. The third kappa shape index (κ3) is 4.40. The highest BCUT2D eigenvalue weighted by Crippen LogP contribution is 2.30.